The minimum atomic E-state index is -4.71. The normalized spacial score (nSPS) is 11.4. The number of aldehydes is 1. The molecule has 0 unspecified atom stereocenters. The van der Waals surface area contributed by atoms with Gasteiger partial charge >= 0.3 is 6.36 Å². The van der Waals surface area contributed by atoms with Gasteiger partial charge < -0.3 is 4.74 Å². The van der Waals surface area contributed by atoms with E-state index in [1.165, 1.54) is 35.1 Å². The van der Waals surface area contributed by atoms with E-state index < -0.39 is 6.36 Å². The highest BCUT2D eigenvalue weighted by atomic mass is 19.4. The number of hydrogen-bond acceptors (Lipinski definition) is 3. The number of aryl methyl sites for hydroxylation is 1. The highest BCUT2D eigenvalue weighted by molar-refractivity contribution is 5.76. The lowest BCUT2D eigenvalue weighted by Gasteiger charge is -2.09. The Balaban J connectivity index is 2.24. The molecular weight excluding hydrogens is 261 g/mol. The van der Waals surface area contributed by atoms with E-state index in [0.717, 1.165) is 0 Å². The molecule has 0 aliphatic heterocycles. The van der Waals surface area contributed by atoms with Gasteiger partial charge in [0.25, 0.3) is 0 Å². The van der Waals surface area contributed by atoms with Crippen LogP contribution in [-0.2, 0) is 0 Å². The van der Waals surface area contributed by atoms with Gasteiger partial charge in [-0.05, 0) is 31.2 Å². The second kappa shape index (κ2) is 4.75. The number of rotatable bonds is 3. The van der Waals surface area contributed by atoms with Crippen molar-refractivity contribution >= 4 is 6.29 Å². The molecule has 1 aromatic carbocycles. The third kappa shape index (κ3) is 3.12. The van der Waals surface area contributed by atoms with Crippen LogP contribution in [-0.4, -0.2) is 22.4 Å². The quantitative estimate of drug-likeness (QED) is 0.805. The Hall–Kier alpha value is -2.31. The predicted octanol–water partition coefficient (Wildman–Crippen LogP) is 2.89. The molecule has 0 bridgehead atoms. The van der Waals surface area contributed by atoms with E-state index in [1.807, 2.05) is 0 Å². The van der Waals surface area contributed by atoms with Gasteiger partial charge in [0.15, 0.2) is 6.29 Å². The van der Waals surface area contributed by atoms with E-state index in [-0.39, 0.29) is 5.75 Å². The molecule has 0 amide bonds. The molecule has 0 saturated heterocycles. The van der Waals surface area contributed by atoms with Crippen molar-refractivity contribution in [1.82, 2.24) is 9.78 Å². The van der Waals surface area contributed by atoms with Crippen LogP contribution in [0.15, 0.2) is 30.5 Å². The summed E-state index contributed by atoms with van der Waals surface area (Å²) < 4.78 is 41.1. The van der Waals surface area contributed by atoms with Gasteiger partial charge in [0.1, 0.15) is 5.75 Å². The lowest BCUT2D eigenvalue weighted by Crippen LogP contribution is -2.17. The maximum absolute atomic E-state index is 12.0. The van der Waals surface area contributed by atoms with E-state index in [9.17, 15) is 18.0 Å². The van der Waals surface area contributed by atoms with Crippen LogP contribution in [0.25, 0.3) is 5.69 Å². The smallest absolute Gasteiger partial charge is 0.406 e. The molecule has 19 heavy (non-hydrogen) atoms. The van der Waals surface area contributed by atoms with E-state index >= 15 is 0 Å². The first-order chi connectivity index (χ1) is 8.89. The summed E-state index contributed by atoms with van der Waals surface area (Å²) in [4.78, 5) is 10.7. The number of hydrogen-bond donors (Lipinski definition) is 0. The number of carbonyl (C=O) groups is 1. The Labute approximate surface area is 106 Å². The zero-order chi connectivity index (χ0) is 14.0. The Bertz CT molecular complexity index is 588. The number of alkyl halides is 3. The first-order valence-corrected chi connectivity index (χ1v) is 5.27. The molecule has 7 heteroatoms. The average Bonchev–Trinajstić information content (AvgIpc) is 2.69. The van der Waals surface area contributed by atoms with Crippen LogP contribution in [0.3, 0.4) is 0 Å². The molecule has 0 saturated carbocycles. The Morgan fingerprint density at radius 2 is 1.89 bits per heavy atom. The molecule has 0 radical (unpaired) electrons. The molecule has 0 aliphatic rings. The fourth-order valence-corrected chi connectivity index (χ4v) is 1.52. The van der Waals surface area contributed by atoms with Crippen LogP contribution in [0.5, 0.6) is 5.75 Å². The molecule has 2 aromatic rings. The van der Waals surface area contributed by atoms with Crippen LogP contribution in [0.1, 0.15) is 16.1 Å². The molecule has 0 aliphatic carbocycles. The van der Waals surface area contributed by atoms with Gasteiger partial charge in [-0.2, -0.15) is 5.10 Å². The molecule has 0 spiro atoms. The van der Waals surface area contributed by atoms with Crippen molar-refractivity contribution in [2.24, 2.45) is 0 Å². The van der Waals surface area contributed by atoms with Gasteiger partial charge in [0, 0.05) is 6.20 Å². The third-order valence-electron chi connectivity index (χ3n) is 2.40. The fraction of sp³-hybridized carbons (Fsp3) is 0.167. The number of benzene rings is 1. The number of halogens is 3. The Morgan fingerprint density at radius 3 is 2.37 bits per heavy atom. The Kier molecular flexibility index (Phi) is 3.28. The van der Waals surface area contributed by atoms with Crippen LogP contribution in [0.2, 0.25) is 0 Å². The summed E-state index contributed by atoms with van der Waals surface area (Å²) in [6, 6.07) is 5.20. The summed E-state index contributed by atoms with van der Waals surface area (Å²) in [7, 11) is 0. The second-order valence-electron chi connectivity index (χ2n) is 3.77. The first kappa shape index (κ1) is 13.1. The van der Waals surface area contributed by atoms with Crippen LogP contribution in [0, 0.1) is 6.92 Å². The van der Waals surface area contributed by atoms with Crippen LogP contribution >= 0.6 is 0 Å². The number of nitrogens with zero attached hydrogens (tertiary/aromatic N) is 2. The molecule has 0 atom stereocenters. The van der Waals surface area contributed by atoms with Crippen LogP contribution in [0.4, 0.5) is 13.2 Å². The molecule has 1 heterocycles. The summed E-state index contributed by atoms with van der Waals surface area (Å²) in [5.74, 6) is -0.310. The SMILES string of the molecule is Cc1nn(-c2ccc(OC(F)(F)F)cc2)cc1C=O. The minimum Gasteiger partial charge on any atom is -0.406 e. The molecule has 0 N–H and O–H groups in total. The van der Waals surface area contributed by atoms with Crippen molar-refractivity contribution in [3.05, 3.63) is 41.7 Å². The zero-order valence-corrected chi connectivity index (χ0v) is 9.81. The molecular formula is C12H9F3N2O2. The second-order valence-corrected chi connectivity index (χ2v) is 3.77. The number of aromatic nitrogens is 2. The van der Waals surface area contributed by atoms with Gasteiger partial charge in [0.05, 0.1) is 16.9 Å². The number of carbonyl (C=O) groups excluding carboxylic acids is 1. The molecule has 0 fully saturated rings. The van der Waals surface area contributed by atoms with Gasteiger partial charge in [0.2, 0.25) is 0 Å². The molecule has 4 nitrogen and oxygen atoms in total. The van der Waals surface area contributed by atoms with Gasteiger partial charge in [-0.1, -0.05) is 0 Å². The van der Waals surface area contributed by atoms with Crippen molar-refractivity contribution in [2.75, 3.05) is 0 Å². The highest BCUT2D eigenvalue weighted by Crippen LogP contribution is 2.23. The maximum atomic E-state index is 12.0. The van der Waals surface area contributed by atoms with E-state index in [1.54, 1.807) is 6.92 Å². The standard InChI is InChI=1S/C12H9F3N2O2/c1-8-9(7-18)6-17(16-8)10-2-4-11(5-3-10)19-12(13,14)15/h2-7H,1H3. The van der Waals surface area contributed by atoms with Crippen molar-refractivity contribution < 1.29 is 22.7 Å². The van der Waals surface area contributed by atoms with Gasteiger partial charge in [-0.15, -0.1) is 13.2 Å². The lowest BCUT2D eigenvalue weighted by molar-refractivity contribution is -0.274. The van der Waals surface area contributed by atoms with Crippen LogP contribution < -0.4 is 4.74 Å². The maximum Gasteiger partial charge on any atom is 0.573 e. The fourth-order valence-electron chi connectivity index (χ4n) is 1.52. The highest BCUT2D eigenvalue weighted by Gasteiger charge is 2.30. The van der Waals surface area contributed by atoms with Crippen molar-refractivity contribution in [1.29, 1.82) is 0 Å². The zero-order valence-electron chi connectivity index (χ0n) is 9.81. The summed E-state index contributed by atoms with van der Waals surface area (Å²) in [6.45, 7) is 1.67. The average molecular weight is 270 g/mol. The monoisotopic (exact) mass is 270 g/mol. The van der Waals surface area contributed by atoms with E-state index in [0.29, 0.717) is 23.2 Å². The molecule has 1 aromatic heterocycles. The largest absolute Gasteiger partial charge is 0.573 e. The molecule has 2 rings (SSSR count). The lowest BCUT2D eigenvalue weighted by atomic mass is 10.3. The van der Waals surface area contributed by atoms with Gasteiger partial charge in [-0.3, -0.25) is 4.79 Å². The van der Waals surface area contributed by atoms with E-state index in [4.69, 9.17) is 0 Å². The van der Waals surface area contributed by atoms with Gasteiger partial charge in [-0.25, -0.2) is 4.68 Å². The van der Waals surface area contributed by atoms with Crippen molar-refractivity contribution in [3.63, 3.8) is 0 Å². The third-order valence-corrected chi connectivity index (χ3v) is 2.40. The summed E-state index contributed by atoms with van der Waals surface area (Å²) in [5.41, 5.74) is 1.51. The predicted molar refractivity (Wildman–Crippen MR) is 60.4 cm³/mol. The summed E-state index contributed by atoms with van der Waals surface area (Å²) in [5, 5.41) is 4.08. The van der Waals surface area contributed by atoms with Crippen molar-refractivity contribution in [3.8, 4) is 11.4 Å². The minimum absolute atomic E-state index is 0.310. The first-order valence-electron chi connectivity index (χ1n) is 5.27. The van der Waals surface area contributed by atoms with Crippen molar-refractivity contribution in [2.45, 2.75) is 13.3 Å². The molecule has 100 valence electrons. The topological polar surface area (TPSA) is 44.1 Å². The summed E-state index contributed by atoms with van der Waals surface area (Å²) in [6.07, 6.45) is -2.55. The summed E-state index contributed by atoms with van der Waals surface area (Å²) >= 11 is 0. The number of ether oxygens (including phenoxy) is 1. The van der Waals surface area contributed by atoms with E-state index in [2.05, 4.69) is 9.84 Å². The Morgan fingerprint density at radius 1 is 1.26 bits per heavy atom.